The van der Waals surface area contributed by atoms with Crippen molar-refractivity contribution in [1.29, 1.82) is 0 Å². The van der Waals surface area contributed by atoms with Gasteiger partial charge in [0.2, 0.25) is 17.7 Å². The van der Waals surface area contributed by atoms with Gasteiger partial charge in [0.1, 0.15) is 6.04 Å². The number of rotatable bonds is 7. The number of nitrogens with zero attached hydrogens (tertiary/aromatic N) is 1. The molecular formula is C19H32F2N2O4. The number of halogens is 2. The Morgan fingerprint density at radius 2 is 1.78 bits per heavy atom. The van der Waals surface area contributed by atoms with E-state index in [0.717, 1.165) is 12.8 Å². The van der Waals surface area contributed by atoms with E-state index in [1.807, 2.05) is 0 Å². The number of piperidine rings is 1. The fraction of sp³-hybridized carbons (Fsp3) is 0.895. The molecule has 0 spiro atoms. The van der Waals surface area contributed by atoms with E-state index in [4.69, 9.17) is 9.47 Å². The van der Waals surface area contributed by atoms with Gasteiger partial charge in [-0.3, -0.25) is 9.59 Å². The van der Waals surface area contributed by atoms with E-state index >= 15 is 0 Å². The summed E-state index contributed by atoms with van der Waals surface area (Å²) in [6, 6.07) is -0.772. The maximum atomic E-state index is 13.3. The lowest BCUT2D eigenvalue weighted by atomic mass is 9.87. The van der Waals surface area contributed by atoms with Gasteiger partial charge in [0, 0.05) is 46.6 Å². The molecule has 27 heavy (non-hydrogen) atoms. The Bertz CT molecular complexity index is 500. The fourth-order valence-corrected chi connectivity index (χ4v) is 3.76. The molecule has 0 radical (unpaired) electrons. The van der Waals surface area contributed by atoms with Gasteiger partial charge in [-0.25, -0.2) is 8.78 Å². The van der Waals surface area contributed by atoms with Crippen molar-refractivity contribution < 1.29 is 27.8 Å². The van der Waals surface area contributed by atoms with Crippen molar-refractivity contribution in [3.05, 3.63) is 0 Å². The lowest BCUT2D eigenvalue weighted by molar-refractivity contribution is -0.143. The summed E-state index contributed by atoms with van der Waals surface area (Å²) in [5, 5.41) is 2.70. The molecule has 0 aromatic heterocycles. The lowest BCUT2D eigenvalue weighted by Gasteiger charge is -2.36. The van der Waals surface area contributed by atoms with Crippen molar-refractivity contribution in [2.45, 2.75) is 76.5 Å². The van der Waals surface area contributed by atoms with Gasteiger partial charge in [-0.15, -0.1) is 0 Å². The molecule has 1 N–H and O–H groups in total. The van der Waals surface area contributed by atoms with Gasteiger partial charge in [-0.2, -0.15) is 0 Å². The highest BCUT2D eigenvalue weighted by Crippen LogP contribution is 2.36. The molecule has 1 saturated carbocycles. The highest BCUT2D eigenvalue weighted by molar-refractivity contribution is 5.87. The van der Waals surface area contributed by atoms with Crippen LogP contribution < -0.4 is 5.32 Å². The van der Waals surface area contributed by atoms with Crippen LogP contribution in [0, 0.1) is 5.92 Å². The third kappa shape index (κ3) is 6.68. The number of nitrogens with one attached hydrogen (secondary N) is 1. The quantitative estimate of drug-likeness (QED) is 0.725. The van der Waals surface area contributed by atoms with Crippen molar-refractivity contribution in [2.75, 3.05) is 26.8 Å². The molecule has 1 aliphatic carbocycles. The van der Waals surface area contributed by atoms with Crippen LogP contribution in [0.15, 0.2) is 0 Å². The molecule has 1 heterocycles. The normalized spacial score (nSPS) is 23.7. The number of carbonyl (C=O) groups is 2. The minimum absolute atomic E-state index is 0.0672. The fourth-order valence-electron chi connectivity index (χ4n) is 3.76. The zero-order valence-electron chi connectivity index (χ0n) is 16.5. The molecule has 2 unspecified atom stereocenters. The predicted octanol–water partition coefficient (Wildman–Crippen LogP) is 2.36. The Kier molecular flexibility index (Phi) is 7.97. The van der Waals surface area contributed by atoms with Gasteiger partial charge in [0.25, 0.3) is 0 Å². The van der Waals surface area contributed by atoms with Gasteiger partial charge in [-0.1, -0.05) is 0 Å². The summed E-state index contributed by atoms with van der Waals surface area (Å²) in [6.07, 6.45) is 1.78. The molecule has 2 fully saturated rings. The third-order valence-electron chi connectivity index (χ3n) is 5.61. The standard InChI is InChI=1S/C19H32F2N2O4/c1-13(27-12-15-4-8-19(20,21)9-5-15)17(22-14(2)24)18(25)23-10-6-16(26-3)7-11-23/h13,15-17H,4-12H2,1-3H3,(H,22,24). The lowest BCUT2D eigenvalue weighted by Crippen LogP contribution is -2.55. The van der Waals surface area contributed by atoms with E-state index in [-0.39, 0.29) is 36.7 Å². The number of alkyl halides is 2. The average molecular weight is 390 g/mol. The van der Waals surface area contributed by atoms with Crippen LogP contribution in [0.1, 0.15) is 52.4 Å². The minimum atomic E-state index is -2.56. The summed E-state index contributed by atoms with van der Waals surface area (Å²) in [6.45, 7) is 4.60. The molecule has 0 aromatic carbocycles. The zero-order valence-corrected chi connectivity index (χ0v) is 16.5. The number of amides is 2. The Hall–Kier alpha value is -1.28. The number of likely N-dealkylation sites (tertiary alicyclic amines) is 1. The van der Waals surface area contributed by atoms with Crippen molar-refractivity contribution in [2.24, 2.45) is 5.92 Å². The van der Waals surface area contributed by atoms with Gasteiger partial charge in [-0.05, 0) is 38.5 Å². The Morgan fingerprint density at radius 1 is 1.19 bits per heavy atom. The van der Waals surface area contributed by atoms with Crippen LogP contribution in [0.2, 0.25) is 0 Å². The molecule has 2 rings (SSSR count). The molecule has 0 aromatic rings. The van der Waals surface area contributed by atoms with Gasteiger partial charge < -0.3 is 19.7 Å². The van der Waals surface area contributed by atoms with E-state index in [1.54, 1.807) is 18.9 Å². The number of ether oxygens (including phenoxy) is 2. The minimum Gasteiger partial charge on any atom is -0.381 e. The van der Waals surface area contributed by atoms with Crippen LogP contribution in [0.5, 0.6) is 0 Å². The van der Waals surface area contributed by atoms with E-state index < -0.39 is 18.1 Å². The van der Waals surface area contributed by atoms with Crippen molar-refractivity contribution in [3.8, 4) is 0 Å². The summed E-state index contributed by atoms with van der Waals surface area (Å²) < 4.78 is 37.7. The maximum Gasteiger partial charge on any atom is 0.248 e. The van der Waals surface area contributed by atoms with Gasteiger partial charge in [0.05, 0.1) is 12.2 Å². The molecule has 1 saturated heterocycles. The smallest absolute Gasteiger partial charge is 0.248 e. The molecule has 1 aliphatic heterocycles. The van der Waals surface area contributed by atoms with Crippen LogP contribution in [0.3, 0.4) is 0 Å². The van der Waals surface area contributed by atoms with Gasteiger partial charge in [0.15, 0.2) is 0 Å². The summed E-state index contributed by atoms with van der Waals surface area (Å²) in [5.41, 5.74) is 0. The first-order valence-electron chi connectivity index (χ1n) is 9.80. The first-order valence-corrected chi connectivity index (χ1v) is 9.80. The second kappa shape index (κ2) is 9.78. The van der Waals surface area contributed by atoms with E-state index in [9.17, 15) is 18.4 Å². The zero-order chi connectivity index (χ0) is 20.0. The molecule has 0 bridgehead atoms. The topological polar surface area (TPSA) is 67.9 Å². The Morgan fingerprint density at radius 3 is 2.30 bits per heavy atom. The van der Waals surface area contributed by atoms with Crippen molar-refractivity contribution >= 4 is 11.8 Å². The second-order valence-corrected chi connectivity index (χ2v) is 7.78. The SMILES string of the molecule is COC1CCN(C(=O)C(NC(C)=O)C(C)OCC2CCC(F)(F)CC2)CC1. The average Bonchev–Trinajstić information content (AvgIpc) is 2.64. The maximum absolute atomic E-state index is 13.3. The largest absolute Gasteiger partial charge is 0.381 e. The summed E-state index contributed by atoms with van der Waals surface area (Å²) in [4.78, 5) is 26.2. The van der Waals surface area contributed by atoms with Gasteiger partial charge >= 0.3 is 0 Å². The van der Waals surface area contributed by atoms with Crippen LogP contribution in [-0.4, -0.2) is 67.7 Å². The molecule has 6 nitrogen and oxygen atoms in total. The third-order valence-corrected chi connectivity index (χ3v) is 5.61. The molecule has 156 valence electrons. The number of carbonyl (C=O) groups excluding carboxylic acids is 2. The monoisotopic (exact) mass is 390 g/mol. The van der Waals surface area contributed by atoms with Crippen LogP contribution >= 0.6 is 0 Å². The molecule has 2 atom stereocenters. The van der Waals surface area contributed by atoms with Crippen LogP contribution in [0.4, 0.5) is 8.78 Å². The van der Waals surface area contributed by atoms with E-state index in [1.165, 1.54) is 6.92 Å². The molecule has 8 heteroatoms. The van der Waals surface area contributed by atoms with Crippen LogP contribution in [0.25, 0.3) is 0 Å². The van der Waals surface area contributed by atoms with Crippen LogP contribution in [-0.2, 0) is 19.1 Å². The summed E-state index contributed by atoms with van der Waals surface area (Å²) >= 11 is 0. The number of methoxy groups -OCH3 is 1. The molecular weight excluding hydrogens is 358 g/mol. The molecule has 2 amide bonds. The first-order chi connectivity index (χ1) is 12.7. The Balaban J connectivity index is 1.88. The van der Waals surface area contributed by atoms with Crippen molar-refractivity contribution in [3.63, 3.8) is 0 Å². The highest BCUT2D eigenvalue weighted by atomic mass is 19.3. The van der Waals surface area contributed by atoms with Crippen molar-refractivity contribution in [1.82, 2.24) is 10.2 Å². The van der Waals surface area contributed by atoms with E-state index in [2.05, 4.69) is 5.32 Å². The summed E-state index contributed by atoms with van der Waals surface area (Å²) in [7, 11) is 1.67. The summed E-state index contributed by atoms with van der Waals surface area (Å²) in [5.74, 6) is -2.96. The molecule has 2 aliphatic rings. The second-order valence-electron chi connectivity index (χ2n) is 7.78. The number of hydrogen-bond acceptors (Lipinski definition) is 4. The highest BCUT2D eigenvalue weighted by Gasteiger charge is 2.36. The number of hydrogen-bond donors (Lipinski definition) is 1. The first kappa shape index (κ1) is 22.0. The van der Waals surface area contributed by atoms with E-state index in [0.29, 0.717) is 32.5 Å². The Labute approximate surface area is 159 Å². The predicted molar refractivity (Wildman–Crippen MR) is 96.5 cm³/mol.